The molecule has 0 saturated heterocycles. The lowest BCUT2D eigenvalue weighted by molar-refractivity contribution is 0.572. The van der Waals surface area contributed by atoms with E-state index in [0.29, 0.717) is 11.0 Å². The maximum atomic E-state index is 13.1. The van der Waals surface area contributed by atoms with Crippen molar-refractivity contribution in [3.05, 3.63) is 68.9 Å². The van der Waals surface area contributed by atoms with Crippen molar-refractivity contribution in [2.45, 2.75) is 19.5 Å². The van der Waals surface area contributed by atoms with E-state index in [1.807, 2.05) is 24.3 Å². The van der Waals surface area contributed by atoms with Gasteiger partial charge in [0, 0.05) is 17.6 Å². The van der Waals surface area contributed by atoms with Gasteiger partial charge in [0.1, 0.15) is 5.82 Å². The molecule has 1 N–H and O–H groups in total. The lowest BCUT2D eigenvalue weighted by Crippen LogP contribution is -2.18. The lowest BCUT2D eigenvalue weighted by atomic mass is 10.1. The molecule has 0 aliphatic rings. The van der Waals surface area contributed by atoms with Crippen LogP contribution in [0.5, 0.6) is 0 Å². The SMILES string of the molecule is CC(NCc1ccc(F)c(Br)c1)c1ccccc1Cl. The van der Waals surface area contributed by atoms with Crippen molar-refractivity contribution in [3.63, 3.8) is 0 Å². The van der Waals surface area contributed by atoms with E-state index < -0.39 is 0 Å². The van der Waals surface area contributed by atoms with Gasteiger partial charge in [-0.15, -0.1) is 0 Å². The molecule has 2 rings (SSSR count). The number of benzene rings is 2. The van der Waals surface area contributed by atoms with E-state index in [4.69, 9.17) is 11.6 Å². The van der Waals surface area contributed by atoms with Crippen molar-refractivity contribution in [1.29, 1.82) is 0 Å². The molecule has 100 valence electrons. The fourth-order valence-corrected chi connectivity index (χ4v) is 2.58. The molecule has 0 spiro atoms. The van der Waals surface area contributed by atoms with Crippen LogP contribution in [0.1, 0.15) is 24.1 Å². The fourth-order valence-electron chi connectivity index (χ4n) is 1.86. The molecule has 0 radical (unpaired) electrons. The summed E-state index contributed by atoms with van der Waals surface area (Å²) in [5.41, 5.74) is 2.08. The summed E-state index contributed by atoms with van der Waals surface area (Å²) in [6.07, 6.45) is 0. The summed E-state index contributed by atoms with van der Waals surface area (Å²) in [6.45, 7) is 2.71. The third-order valence-electron chi connectivity index (χ3n) is 2.97. The molecular formula is C15H14BrClFN. The van der Waals surface area contributed by atoms with E-state index >= 15 is 0 Å². The second-order valence-corrected chi connectivity index (χ2v) is 5.63. The first kappa shape index (κ1) is 14.5. The van der Waals surface area contributed by atoms with Crippen molar-refractivity contribution in [2.24, 2.45) is 0 Å². The van der Waals surface area contributed by atoms with Crippen molar-refractivity contribution in [3.8, 4) is 0 Å². The molecule has 0 heterocycles. The molecule has 0 amide bonds. The van der Waals surface area contributed by atoms with Crippen LogP contribution in [0.25, 0.3) is 0 Å². The molecule has 2 aromatic carbocycles. The normalized spacial score (nSPS) is 12.4. The van der Waals surface area contributed by atoms with Gasteiger partial charge in [-0.3, -0.25) is 0 Å². The van der Waals surface area contributed by atoms with E-state index in [0.717, 1.165) is 16.1 Å². The van der Waals surface area contributed by atoms with Crippen LogP contribution in [0.2, 0.25) is 5.02 Å². The molecule has 2 aromatic rings. The number of rotatable bonds is 4. The minimum atomic E-state index is -0.247. The fraction of sp³-hybridized carbons (Fsp3) is 0.200. The summed E-state index contributed by atoms with van der Waals surface area (Å²) in [4.78, 5) is 0. The highest BCUT2D eigenvalue weighted by atomic mass is 79.9. The Labute approximate surface area is 125 Å². The Kier molecular flexibility index (Phi) is 4.97. The summed E-state index contributed by atoms with van der Waals surface area (Å²) in [7, 11) is 0. The van der Waals surface area contributed by atoms with Gasteiger partial charge in [0.25, 0.3) is 0 Å². The molecule has 0 bridgehead atoms. The molecule has 0 saturated carbocycles. The second kappa shape index (κ2) is 6.51. The van der Waals surface area contributed by atoms with Crippen LogP contribution in [0, 0.1) is 5.82 Å². The van der Waals surface area contributed by atoms with Gasteiger partial charge in [-0.1, -0.05) is 35.9 Å². The van der Waals surface area contributed by atoms with Crippen LogP contribution in [-0.4, -0.2) is 0 Å². The Morgan fingerprint density at radius 2 is 2.00 bits per heavy atom. The molecule has 4 heteroatoms. The van der Waals surface area contributed by atoms with Crippen LogP contribution in [0.15, 0.2) is 46.9 Å². The summed E-state index contributed by atoms with van der Waals surface area (Å²) in [6, 6.07) is 12.9. The Morgan fingerprint density at radius 3 is 2.68 bits per heavy atom. The first-order chi connectivity index (χ1) is 9.08. The molecule has 1 nitrogen and oxygen atoms in total. The highest BCUT2D eigenvalue weighted by Gasteiger charge is 2.08. The Balaban J connectivity index is 2.02. The number of hydrogen-bond acceptors (Lipinski definition) is 1. The average molecular weight is 343 g/mol. The van der Waals surface area contributed by atoms with Crippen LogP contribution in [0.4, 0.5) is 4.39 Å². The molecule has 1 atom stereocenters. The summed E-state index contributed by atoms with van der Waals surface area (Å²) >= 11 is 9.34. The first-order valence-electron chi connectivity index (χ1n) is 5.99. The Morgan fingerprint density at radius 1 is 1.26 bits per heavy atom. The molecule has 0 fully saturated rings. The number of nitrogens with one attached hydrogen (secondary N) is 1. The van der Waals surface area contributed by atoms with Crippen molar-refractivity contribution in [2.75, 3.05) is 0 Å². The largest absolute Gasteiger partial charge is 0.306 e. The Hall–Kier alpha value is -0.900. The van der Waals surface area contributed by atoms with Crippen LogP contribution < -0.4 is 5.32 Å². The second-order valence-electron chi connectivity index (χ2n) is 4.37. The topological polar surface area (TPSA) is 12.0 Å². The zero-order valence-corrected chi connectivity index (χ0v) is 12.8. The standard InChI is InChI=1S/C15H14BrClFN/c1-10(12-4-2-3-5-14(12)17)19-9-11-6-7-15(18)13(16)8-11/h2-8,10,19H,9H2,1H3. The van der Waals surface area contributed by atoms with Crippen LogP contribution in [-0.2, 0) is 6.54 Å². The van der Waals surface area contributed by atoms with Gasteiger partial charge < -0.3 is 5.32 Å². The summed E-state index contributed by atoms with van der Waals surface area (Å²) in [5.74, 6) is -0.247. The first-order valence-corrected chi connectivity index (χ1v) is 7.17. The lowest BCUT2D eigenvalue weighted by Gasteiger charge is -2.15. The summed E-state index contributed by atoms with van der Waals surface area (Å²) in [5, 5.41) is 4.13. The highest BCUT2D eigenvalue weighted by molar-refractivity contribution is 9.10. The zero-order valence-electron chi connectivity index (χ0n) is 10.5. The smallest absolute Gasteiger partial charge is 0.137 e. The number of halogens is 3. The summed E-state index contributed by atoms with van der Waals surface area (Å²) < 4.78 is 13.6. The van der Waals surface area contributed by atoms with E-state index in [1.165, 1.54) is 6.07 Å². The molecule has 0 aliphatic heterocycles. The van der Waals surface area contributed by atoms with Crippen molar-refractivity contribution in [1.82, 2.24) is 5.32 Å². The maximum Gasteiger partial charge on any atom is 0.137 e. The molecule has 1 unspecified atom stereocenters. The van der Waals surface area contributed by atoms with Gasteiger partial charge in [0.15, 0.2) is 0 Å². The monoisotopic (exact) mass is 341 g/mol. The van der Waals surface area contributed by atoms with Crippen LogP contribution in [0.3, 0.4) is 0 Å². The minimum Gasteiger partial charge on any atom is -0.306 e. The van der Waals surface area contributed by atoms with Crippen LogP contribution >= 0.6 is 27.5 Å². The third kappa shape index (κ3) is 3.78. The minimum absolute atomic E-state index is 0.137. The van der Waals surface area contributed by atoms with Gasteiger partial charge in [0.05, 0.1) is 4.47 Å². The van der Waals surface area contributed by atoms with E-state index in [2.05, 4.69) is 28.2 Å². The quantitative estimate of drug-likeness (QED) is 0.816. The van der Waals surface area contributed by atoms with Gasteiger partial charge >= 0.3 is 0 Å². The Bertz CT molecular complexity index is 574. The van der Waals surface area contributed by atoms with Gasteiger partial charge in [-0.05, 0) is 52.2 Å². The molecular weight excluding hydrogens is 329 g/mol. The van der Waals surface area contributed by atoms with E-state index in [1.54, 1.807) is 12.1 Å². The molecule has 19 heavy (non-hydrogen) atoms. The van der Waals surface area contributed by atoms with E-state index in [9.17, 15) is 4.39 Å². The zero-order chi connectivity index (χ0) is 13.8. The average Bonchev–Trinajstić information content (AvgIpc) is 2.40. The highest BCUT2D eigenvalue weighted by Crippen LogP contribution is 2.23. The molecule has 0 aliphatic carbocycles. The maximum absolute atomic E-state index is 13.1. The van der Waals surface area contributed by atoms with Gasteiger partial charge in [-0.25, -0.2) is 4.39 Å². The number of hydrogen-bond donors (Lipinski definition) is 1. The van der Waals surface area contributed by atoms with Crippen molar-refractivity contribution < 1.29 is 4.39 Å². The van der Waals surface area contributed by atoms with Crippen molar-refractivity contribution >= 4 is 27.5 Å². The third-order valence-corrected chi connectivity index (χ3v) is 3.92. The van der Waals surface area contributed by atoms with Gasteiger partial charge in [0.2, 0.25) is 0 Å². The van der Waals surface area contributed by atoms with E-state index in [-0.39, 0.29) is 11.9 Å². The predicted octanol–water partition coefficient (Wildman–Crippen LogP) is 5.09. The van der Waals surface area contributed by atoms with Gasteiger partial charge in [-0.2, -0.15) is 0 Å². The molecule has 0 aromatic heterocycles. The predicted molar refractivity (Wildman–Crippen MR) is 80.8 cm³/mol.